The van der Waals surface area contributed by atoms with Crippen LogP contribution in [-0.4, -0.2) is 47.8 Å². The van der Waals surface area contributed by atoms with Gasteiger partial charge in [0.15, 0.2) is 5.17 Å². The van der Waals surface area contributed by atoms with Gasteiger partial charge in [-0.1, -0.05) is 35.5 Å². The van der Waals surface area contributed by atoms with E-state index in [1.807, 2.05) is 31.1 Å². The van der Waals surface area contributed by atoms with E-state index in [1.54, 1.807) is 6.92 Å². The van der Waals surface area contributed by atoms with E-state index in [-0.39, 0.29) is 31.0 Å². The second-order valence-corrected chi connectivity index (χ2v) is 9.43. The summed E-state index contributed by atoms with van der Waals surface area (Å²) in [5.41, 5.74) is 5.17. The maximum absolute atomic E-state index is 13.1. The summed E-state index contributed by atoms with van der Waals surface area (Å²) in [5, 5.41) is 5.73. The van der Waals surface area contributed by atoms with Crippen LogP contribution in [0.1, 0.15) is 55.8 Å². The number of amidine groups is 1. The Hall–Kier alpha value is -2.58. The molecule has 0 bridgehead atoms. The molecule has 3 aliphatic rings. The number of thioether (sulfide) groups is 1. The first kappa shape index (κ1) is 23.6. The third kappa shape index (κ3) is 5.01. The summed E-state index contributed by atoms with van der Waals surface area (Å²) in [6, 6.07) is 5.83. The Bertz CT molecular complexity index is 1040. The molecule has 2 unspecified atom stereocenters. The molecule has 0 aromatic heterocycles. The molecule has 4 rings (SSSR count). The van der Waals surface area contributed by atoms with Crippen LogP contribution in [0.2, 0.25) is 0 Å². The molecule has 1 N–H and O–H groups in total. The van der Waals surface area contributed by atoms with Crippen molar-refractivity contribution in [3.8, 4) is 0 Å². The van der Waals surface area contributed by atoms with Crippen LogP contribution in [0.5, 0.6) is 0 Å². The van der Waals surface area contributed by atoms with Gasteiger partial charge in [0.1, 0.15) is 0 Å². The first-order chi connectivity index (χ1) is 15.9. The molecular formula is C25H31N3O4S. The van der Waals surface area contributed by atoms with Crippen LogP contribution in [0.3, 0.4) is 0 Å². The average Bonchev–Trinajstić information content (AvgIpc) is 3.43. The minimum Gasteiger partial charge on any atom is -0.463 e. The van der Waals surface area contributed by atoms with Gasteiger partial charge >= 0.3 is 5.97 Å². The van der Waals surface area contributed by atoms with Crippen molar-refractivity contribution in [2.24, 2.45) is 4.99 Å². The minimum atomic E-state index is -0.399. The van der Waals surface area contributed by atoms with Crippen LogP contribution in [-0.2, 0) is 19.1 Å². The molecular weight excluding hydrogens is 438 g/mol. The van der Waals surface area contributed by atoms with E-state index < -0.39 is 6.04 Å². The van der Waals surface area contributed by atoms with Crippen LogP contribution in [0.25, 0.3) is 0 Å². The normalized spacial score (nSPS) is 22.1. The number of rotatable bonds is 7. The fourth-order valence-corrected chi connectivity index (χ4v) is 5.41. The molecule has 33 heavy (non-hydrogen) atoms. The highest BCUT2D eigenvalue weighted by Crippen LogP contribution is 2.45. The molecule has 3 heterocycles. The predicted octanol–water partition coefficient (Wildman–Crippen LogP) is 4.13. The Morgan fingerprint density at radius 2 is 2.12 bits per heavy atom. The number of esters is 1. The summed E-state index contributed by atoms with van der Waals surface area (Å²) in [6.07, 6.45) is 2.31. The highest BCUT2D eigenvalue weighted by atomic mass is 32.2. The number of carbonyl (C=O) groups is 2. The molecule has 0 saturated carbocycles. The van der Waals surface area contributed by atoms with E-state index in [0.717, 1.165) is 47.0 Å². The number of hydrogen-bond acceptors (Lipinski definition) is 7. The lowest BCUT2D eigenvalue weighted by Gasteiger charge is -2.37. The Kier molecular flexibility index (Phi) is 7.24. The van der Waals surface area contributed by atoms with Crippen molar-refractivity contribution in [2.75, 3.05) is 19.8 Å². The number of hydrogen-bond donors (Lipinski definition) is 1. The smallest absolute Gasteiger partial charge is 0.338 e. The molecule has 1 saturated heterocycles. The number of fused-ring (bicyclic) bond motifs is 1. The number of nitrogens with zero attached hydrogens (tertiary/aromatic N) is 2. The Labute approximate surface area is 199 Å². The number of aliphatic imine (C=N–C) groups is 1. The number of carbonyl (C=O) groups excluding carboxylic acids is 2. The number of amides is 1. The van der Waals surface area contributed by atoms with Crippen molar-refractivity contribution >= 4 is 28.8 Å². The molecule has 0 aliphatic carbocycles. The Balaban J connectivity index is 1.64. The molecule has 7 nitrogen and oxygen atoms in total. The van der Waals surface area contributed by atoms with Gasteiger partial charge in [-0.3, -0.25) is 4.79 Å². The van der Waals surface area contributed by atoms with E-state index in [1.165, 1.54) is 11.8 Å². The molecule has 1 aromatic carbocycles. The fourth-order valence-electron chi connectivity index (χ4n) is 4.45. The summed E-state index contributed by atoms with van der Waals surface area (Å²) in [5.74, 6) is -0.440. The van der Waals surface area contributed by atoms with Crippen LogP contribution >= 0.6 is 11.8 Å². The van der Waals surface area contributed by atoms with Gasteiger partial charge < -0.3 is 19.7 Å². The van der Waals surface area contributed by atoms with E-state index >= 15 is 0 Å². The fraction of sp³-hybridized carbons (Fsp3) is 0.480. The van der Waals surface area contributed by atoms with E-state index in [0.29, 0.717) is 17.8 Å². The van der Waals surface area contributed by atoms with Crippen molar-refractivity contribution in [2.45, 2.75) is 59.1 Å². The lowest BCUT2D eigenvalue weighted by atomic mass is 9.90. The second-order valence-electron chi connectivity index (χ2n) is 8.59. The number of allylic oxidation sites excluding steroid dienone is 1. The molecule has 0 radical (unpaired) electrons. The van der Waals surface area contributed by atoms with Crippen molar-refractivity contribution in [3.05, 3.63) is 57.3 Å². The maximum Gasteiger partial charge on any atom is 0.338 e. The third-order valence-corrected chi connectivity index (χ3v) is 7.01. The molecule has 0 spiro atoms. The molecule has 1 aromatic rings. The van der Waals surface area contributed by atoms with Gasteiger partial charge in [-0.05, 0) is 57.1 Å². The van der Waals surface area contributed by atoms with E-state index in [2.05, 4.69) is 23.5 Å². The molecule has 1 fully saturated rings. The summed E-state index contributed by atoms with van der Waals surface area (Å²) in [6.45, 7) is 9.29. The maximum atomic E-state index is 13.1. The summed E-state index contributed by atoms with van der Waals surface area (Å²) in [4.78, 5) is 32.6. The highest BCUT2D eigenvalue weighted by molar-refractivity contribution is 8.16. The van der Waals surface area contributed by atoms with Crippen molar-refractivity contribution in [1.82, 2.24) is 10.2 Å². The molecule has 2 atom stereocenters. The van der Waals surface area contributed by atoms with Crippen LogP contribution in [0.4, 0.5) is 0 Å². The number of nitrogens with one attached hydrogen (secondary N) is 1. The van der Waals surface area contributed by atoms with Gasteiger partial charge in [-0.2, -0.15) is 0 Å². The minimum absolute atomic E-state index is 0.0673. The first-order valence-electron chi connectivity index (χ1n) is 11.5. The monoisotopic (exact) mass is 469 g/mol. The zero-order valence-electron chi connectivity index (χ0n) is 19.6. The number of ether oxygens (including phenoxy) is 2. The average molecular weight is 470 g/mol. The summed E-state index contributed by atoms with van der Waals surface area (Å²) < 4.78 is 11.0. The summed E-state index contributed by atoms with van der Waals surface area (Å²) >= 11 is 1.48. The largest absolute Gasteiger partial charge is 0.463 e. The van der Waals surface area contributed by atoms with Crippen LogP contribution in [0, 0.1) is 13.8 Å². The Morgan fingerprint density at radius 3 is 2.85 bits per heavy atom. The summed E-state index contributed by atoms with van der Waals surface area (Å²) in [7, 11) is 0. The van der Waals surface area contributed by atoms with Crippen LogP contribution < -0.4 is 5.32 Å². The van der Waals surface area contributed by atoms with Crippen LogP contribution in [0.15, 0.2) is 45.6 Å². The molecule has 3 aliphatic heterocycles. The van der Waals surface area contributed by atoms with Crippen molar-refractivity contribution < 1.29 is 19.1 Å². The van der Waals surface area contributed by atoms with Gasteiger partial charge in [0.25, 0.3) is 0 Å². The standard InChI is InChI=1S/C25H31N3O4S/c1-5-31-24(30)22-17(4)27-25-28(23(22)20-11-15(2)8-9-16(20)3)18(14-33-25)12-21(29)26-13-19-7-6-10-32-19/h8-9,11,14,19,23H,5-7,10,12-13H2,1-4H3,(H,26,29). The molecule has 176 valence electrons. The highest BCUT2D eigenvalue weighted by Gasteiger charge is 2.41. The quantitative estimate of drug-likeness (QED) is 0.605. The zero-order valence-corrected chi connectivity index (χ0v) is 20.5. The lowest BCUT2D eigenvalue weighted by molar-refractivity contribution is -0.139. The SMILES string of the molecule is CCOC(=O)C1=C(C)N=C2SC=C(CC(=O)NCC3CCCO3)N2C1c1cc(C)ccc1C. The third-order valence-electron chi connectivity index (χ3n) is 6.12. The van der Waals surface area contributed by atoms with Gasteiger partial charge in [0, 0.05) is 18.8 Å². The van der Waals surface area contributed by atoms with Crippen molar-refractivity contribution in [3.63, 3.8) is 0 Å². The second kappa shape index (κ2) is 10.1. The first-order valence-corrected chi connectivity index (χ1v) is 12.3. The van der Waals surface area contributed by atoms with Crippen molar-refractivity contribution in [1.29, 1.82) is 0 Å². The van der Waals surface area contributed by atoms with Gasteiger partial charge in [-0.25, -0.2) is 9.79 Å². The van der Waals surface area contributed by atoms with Gasteiger partial charge in [0.2, 0.25) is 5.91 Å². The number of aryl methyl sites for hydroxylation is 2. The van der Waals surface area contributed by atoms with Gasteiger partial charge in [-0.15, -0.1) is 0 Å². The van der Waals surface area contributed by atoms with E-state index in [9.17, 15) is 9.59 Å². The lowest BCUT2D eigenvalue weighted by Crippen LogP contribution is -2.39. The Morgan fingerprint density at radius 1 is 1.30 bits per heavy atom. The predicted molar refractivity (Wildman–Crippen MR) is 130 cm³/mol. The van der Waals surface area contributed by atoms with Gasteiger partial charge in [0.05, 0.1) is 36.4 Å². The molecule has 1 amide bonds. The molecule has 8 heteroatoms. The number of benzene rings is 1. The van der Waals surface area contributed by atoms with E-state index in [4.69, 9.17) is 14.5 Å². The topological polar surface area (TPSA) is 80.2 Å². The zero-order chi connectivity index (χ0) is 23.5.